The monoisotopic (exact) mass is 773 g/mol. The Hall–Kier alpha value is -3.23. The Labute approximate surface area is 293 Å². The first-order valence-electron chi connectivity index (χ1n) is 15.5. The van der Waals surface area contributed by atoms with Gasteiger partial charge in [0.2, 0.25) is 5.69 Å². The van der Waals surface area contributed by atoms with Crippen molar-refractivity contribution in [1.29, 1.82) is 0 Å². The van der Waals surface area contributed by atoms with E-state index < -0.39 is 68.3 Å². The SMILES string of the molecule is CC(C)C(=C/C=C/C=C/C1=[N+](CCCCS(=O)(=O)O)c2ccc(S(=O)(=O)O)cc2C1(C)C)C(N1c2ccccc2CC1S(=O)(=O)O)S(=O)(=O)O. The highest BCUT2D eigenvalue weighted by Crippen LogP contribution is 2.42. The van der Waals surface area contributed by atoms with E-state index in [1.54, 1.807) is 56.3 Å². The molecule has 0 fully saturated rings. The maximum atomic E-state index is 12.9. The molecular weight excluding hydrogens is 733 g/mol. The number of nitrogens with zero attached hydrogens (tertiary/aromatic N) is 2. The van der Waals surface area contributed by atoms with Crippen LogP contribution in [0.2, 0.25) is 0 Å². The van der Waals surface area contributed by atoms with E-state index in [0.717, 1.165) is 4.90 Å². The number of para-hydroxylation sites is 1. The smallest absolute Gasteiger partial charge is 0.294 e. The molecule has 0 aromatic heterocycles. The van der Waals surface area contributed by atoms with Crippen LogP contribution in [0.1, 0.15) is 51.7 Å². The number of rotatable bonds is 14. The van der Waals surface area contributed by atoms with Gasteiger partial charge in [0.1, 0.15) is 6.54 Å². The Balaban J connectivity index is 1.73. The second kappa shape index (κ2) is 14.4. The van der Waals surface area contributed by atoms with Crippen molar-refractivity contribution in [2.75, 3.05) is 17.2 Å². The number of anilines is 1. The first kappa shape index (κ1) is 39.6. The van der Waals surface area contributed by atoms with Crippen LogP contribution < -0.4 is 4.90 Å². The normalized spacial score (nSPS) is 19.2. The van der Waals surface area contributed by atoms with Gasteiger partial charge in [0, 0.05) is 36.2 Å². The summed E-state index contributed by atoms with van der Waals surface area (Å²) in [6.07, 6.45) is 8.22. The fourth-order valence-electron chi connectivity index (χ4n) is 6.43. The summed E-state index contributed by atoms with van der Waals surface area (Å²) in [7, 11) is -18.4. The van der Waals surface area contributed by atoms with E-state index in [0.29, 0.717) is 35.5 Å². The molecule has 2 aliphatic rings. The van der Waals surface area contributed by atoms with Gasteiger partial charge in [-0.15, -0.1) is 0 Å². The standard InChI is InChI=1S/C32H40N2O12S4/c1-22(2)25(31(50(44,45)46)34-27-14-9-8-12-23(27)20-30(34)49(41,42)43)13-6-5-7-15-29-32(3,4)26-21-24(48(38,39)40)16-17-28(26)33(29)18-10-11-19-47(35,36)37/h5-9,12-17,21-22,30-31H,10-11,18-20H2,1-4H3,(H3-,35,36,37,38,39,40,41,42,43,44,45,46)/p+1/b6-5+,15-7+,25-13?. The molecule has 0 spiro atoms. The lowest BCUT2D eigenvalue weighted by molar-refractivity contribution is -0.438. The fraction of sp³-hybridized carbons (Fsp3) is 0.406. The van der Waals surface area contributed by atoms with Gasteiger partial charge in [-0.3, -0.25) is 18.2 Å². The maximum absolute atomic E-state index is 12.9. The van der Waals surface area contributed by atoms with Crippen molar-refractivity contribution < 1.29 is 56.5 Å². The zero-order chi connectivity index (χ0) is 37.4. The molecule has 4 rings (SSSR count). The van der Waals surface area contributed by atoms with Crippen LogP contribution in [0.3, 0.4) is 0 Å². The minimum atomic E-state index is -4.97. The molecule has 274 valence electrons. The molecule has 0 saturated heterocycles. The van der Waals surface area contributed by atoms with Crippen LogP contribution in [0.25, 0.3) is 0 Å². The minimum Gasteiger partial charge on any atom is -0.330 e. The predicted octanol–water partition coefficient (Wildman–Crippen LogP) is 4.16. The lowest BCUT2D eigenvalue weighted by atomic mass is 9.81. The Morgan fingerprint density at radius 3 is 2.16 bits per heavy atom. The molecule has 18 heteroatoms. The second-order valence-corrected chi connectivity index (χ2v) is 19.0. The van der Waals surface area contributed by atoms with Crippen molar-refractivity contribution in [3.8, 4) is 0 Å². The van der Waals surface area contributed by atoms with E-state index in [4.69, 9.17) is 4.55 Å². The van der Waals surface area contributed by atoms with Crippen molar-refractivity contribution in [2.45, 2.75) is 68.0 Å². The van der Waals surface area contributed by atoms with Crippen molar-refractivity contribution in [3.05, 3.63) is 89.5 Å². The van der Waals surface area contributed by atoms with Gasteiger partial charge < -0.3 is 4.90 Å². The van der Waals surface area contributed by atoms with Crippen LogP contribution in [-0.2, 0) is 52.3 Å². The highest BCUT2D eigenvalue weighted by molar-refractivity contribution is 7.88. The topological polar surface area (TPSA) is 224 Å². The van der Waals surface area contributed by atoms with E-state index in [9.17, 15) is 47.3 Å². The molecule has 0 aliphatic carbocycles. The van der Waals surface area contributed by atoms with E-state index in [2.05, 4.69) is 0 Å². The Kier molecular flexibility index (Phi) is 11.4. The summed E-state index contributed by atoms with van der Waals surface area (Å²) in [6, 6.07) is 10.5. The van der Waals surface area contributed by atoms with Crippen molar-refractivity contribution in [1.82, 2.24) is 0 Å². The van der Waals surface area contributed by atoms with Crippen LogP contribution in [0.4, 0.5) is 11.4 Å². The minimum absolute atomic E-state index is 0.141. The third kappa shape index (κ3) is 8.79. The van der Waals surface area contributed by atoms with Crippen LogP contribution >= 0.6 is 0 Å². The van der Waals surface area contributed by atoms with Gasteiger partial charge in [0.05, 0.1) is 16.1 Å². The molecule has 2 aromatic rings. The first-order chi connectivity index (χ1) is 22.9. The third-order valence-electron chi connectivity index (χ3n) is 8.77. The highest BCUT2D eigenvalue weighted by atomic mass is 32.2. The lowest BCUT2D eigenvalue weighted by Gasteiger charge is -2.34. The summed E-state index contributed by atoms with van der Waals surface area (Å²) in [5.74, 6) is -0.950. The lowest BCUT2D eigenvalue weighted by Crippen LogP contribution is -2.50. The molecule has 4 N–H and O–H groups in total. The average molecular weight is 774 g/mol. The molecule has 0 saturated carbocycles. The number of allylic oxidation sites excluding steroid dienone is 5. The molecule has 0 radical (unpaired) electrons. The molecule has 0 amide bonds. The highest BCUT2D eigenvalue weighted by Gasteiger charge is 2.47. The molecule has 2 atom stereocenters. The summed E-state index contributed by atoms with van der Waals surface area (Å²) in [5.41, 5.74) is 1.97. The summed E-state index contributed by atoms with van der Waals surface area (Å²) in [6.45, 7) is 7.34. The van der Waals surface area contributed by atoms with Gasteiger partial charge in [-0.1, -0.05) is 56.4 Å². The molecule has 0 bridgehead atoms. The Morgan fingerprint density at radius 1 is 0.920 bits per heavy atom. The summed E-state index contributed by atoms with van der Waals surface area (Å²) in [5, 5.41) is -3.51. The van der Waals surface area contributed by atoms with Crippen molar-refractivity contribution >= 4 is 57.6 Å². The quantitative estimate of drug-likeness (QED) is 0.0917. The fourth-order valence-corrected chi connectivity index (χ4v) is 9.73. The zero-order valence-electron chi connectivity index (χ0n) is 27.8. The van der Waals surface area contributed by atoms with E-state index >= 15 is 0 Å². The summed E-state index contributed by atoms with van der Waals surface area (Å²) < 4.78 is 138. The number of unbranched alkanes of at least 4 members (excludes halogenated alkanes) is 1. The van der Waals surface area contributed by atoms with Crippen LogP contribution in [0, 0.1) is 5.92 Å². The number of fused-ring (bicyclic) bond motifs is 2. The van der Waals surface area contributed by atoms with Gasteiger partial charge >= 0.3 is 0 Å². The Morgan fingerprint density at radius 2 is 1.58 bits per heavy atom. The maximum Gasteiger partial charge on any atom is 0.294 e. The first-order valence-corrected chi connectivity index (χ1v) is 21.6. The van der Waals surface area contributed by atoms with Crippen LogP contribution in [-0.4, -0.2) is 85.2 Å². The van der Waals surface area contributed by atoms with Crippen molar-refractivity contribution in [3.63, 3.8) is 0 Å². The predicted molar refractivity (Wildman–Crippen MR) is 189 cm³/mol. The number of benzene rings is 2. The van der Waals surface area contributed by atoms with Crippen LogP contribution in [0.5, 0.6) is 0 Å². The second-order valence-electron chi connectivity index (χ2n) is 13.0. The van der Waals surface area contributed by atoms with E-state index in [1.807, 2.05) is 18.4 Å². The molecule has 2 heterocycles. The average Bonchev–Trinajstić information content (AvgIpc) is 3.45. The largest absolute Gasteiger partial charge is 0.330 e. The van der Waals surface area contributed by atoms with E-state index in [1.165, 1.54) is 30.4 Å². The molecular formula is C32H41N2O12S4+. The number of hydrogen-bond donors (Lipinski definition) is 4. The van der Waals surface area contributed by atoms with Crippen molar-refractivity contribution in [2.24, 2.45) is 5.92 Å². The third-order valence-corrected chi connectivity index (χ3v) is 12.6. The van der Waals surface area contributed by atoms with Gasteiger partial charge in [0.25, 0.3) is 40.5 Å². The summed E-state index contributed by atoms with van der Waals surface area (Å²) >= 11 is 0. The molecule has 2 aliphatic heterocycles. The Bertz CT molecular complexity index is 2220. The molecule has 2 unspecified atom stereocenters. The number of hydrogen-bond acceptors (Lipinski definition) is 9. The van der Waals surface area contributed by atoms with Gasteiger partial charge in [-0.25, -0.2) is 0 Å². The van der Waals surface area contributed by atoms with Gasteiger partial charge in [-0.2, -0.15) is 38.2 Å². The van der Waals surface area contributed by atoms with Gasteiger partial charge in [0.15, 0.2) is 16.5 Å². The molecule has 50 heavy (non-hydrogen) atoms. The molecule has 14 nitrogen and oxygen atoms in total. The van der Waals surface area contributed by atoms with Crippen LogP contribution in [0.15, 0.2) is 83.3 Å². The van der Waals surface area contributed by atoms with Gasteiger partial charge in [-0.05, 0) is 55.5 Å². The molecule has 2 aromatic carbocycles. The summed E-state index contributed by atoms with van der Waals surface area (Å²) in [4.78, 5) is 0.710. The zero-order valence-corrected chi connectivity index (χ0v) is 31.0. The van der Waals surface area contributed by atoms with E-state index in [-0.39, 0.29) is 29.0 Å².